The van der Waals surface area contributed by atoms with Gasteiger partial charge in [-0.3, -0.25) is 0 Å². The summed E-state index contributed by atoms with van der Waals surface area (Å²) in [7, 11) is 1.70. The van der Waals surface area contributed by atoms with Crippen molar-refractivity contribution in [3.8, 4) is 5.75 Å². The van der Waals surface area contributed by atoms with Crippen molar-refractivity contribution < 1.29 is 4.74 Å². The van der Waals surface area contributed by atoms with Gasteiger partial charge in [0, 0.05) is 16.0 Å². The molecular formula is C13H17BrOS. The Kier molecular flexibility index (Phi) is 4.20. The fourth-order valence-electron chi connectivity index (χ4n) is 1.90. The quantitative estimate of drug-likeness (QED) is 0.590. The van der Waals surface area contributed by atoms with E-state index in [2.05, 4.69) is 28.1 Å². The standard InChI is InChI=1S/C13H17BrOS/c1-15-11-3-5-12(6-4-11)16-10-13(9-14)7-2-8-13/h3-6H,2,7-10H2,1H3. The summed E-state index contributed by atoms with van der Waals surface area (Å²) in [6.45, 7) is 0. The van der Waals surface area contributed by atoms with Crippen LogP contribution in [0.25, 0.3) is 0 Å². The van der Waals surface area contributed by atoms with Crippen LogP contribution in [0.15, 0.2) is 29.2 Å². The van der Waals surface area contributed by atoms with Crippen LogP contribution < -0.4 is 4.74 Å². The highest BCUT2D eigenvalue weighted by molar-refractivity contribution is 9.09. The maximum atomic E-state index is 5.15. The molecule has 2 rings (SSSR count). The van der Waals surface area contributed by atoms with Gasteiger partial charge in [-0.1, -0.05) is 22.4 Å². The molecule has 0 atom stereocenters. The lowest BCUT2D eigenvalue weighted by Crippen LogP contribution is -2.33. The molecule has 0 amide bonds. The fourth-order valence-corrected chi connectivity index (χ4v) is 4.12. The molecule has 1 aromatic carbocycles. The second kappa shape index (κ2) is 5.46. The third kappa shape index (κ3) is 2.75. The second-order valence-electron chi connectivity index (χ2n) is 4.45. The smallest absolute Gasteiger partial charge is 0.118 e. The molecule has 1 aromatic rings. The van der Waals surface area contributed by atoms with E-state index in [-0.39, 0.29) is 0 Å². The highest BCUT2D eigenvalue weighted by Gasteiger charge is 2.35. The van der Waals surface area contributed by atoms with Crippen molar-refractivity contribution in [1.82, 2.24) is 0 Å². The van der Waals surface area contributed by atoms with Crippen LogP contribution in [0.1, 0.15) is 19.3 Å². The Bertz CT molecular complexity index is 327. The molecule has 0 aromatic heterocycles. The van der Waals surface area contributed by atoms with E-state index in [4.69, 9.17) is 4.74 Å². The molecule has 16 heavy (non-hydrogen) atoms. The first kappa shape index (κ1) is 12.3. The zero-order chi connectivity index (χ0) is 11.4. The second-order valence-corrected chi connectivity index (χ2v) is 6.06. The molecule has 3 heteroatoms. The SMILES string of the molecule is COc1ccc(SCC2(CBr)CCC2)cc1. The molecule has 0 bridgehead atoms. The zero-order valence-corrected chi connectivity index (χ0v) is 11.9. The molecule has 88 valence electrons. The van der Waals surface area contributed by atoms with Crippen molar-refractivity contribution in [2.75, 3.05) is 18.2 Å². The van der Waals surface area contributed by atoms with Crippen LogP contribution in [0.5, 0.6) is 5.75 Å². The molecular weight excluding hydrogens is 284 g/mol. The van der Waals surface area contributed by atoms with Gasteiger partial charge in [-0.15, -0.1) is 11.8 Å². The minimum absolute atomic E-state index is 0.560. The molecule has 1 aliphatic rings. The van der Waals surface area contributed by atoms with E-state index < -0.39 is 0 Å². The van der Waals surface area contributed by atoms with Crippen molar-refractivity contribution in [1.29, 1.82) is 0 Å². The van der Waals surface area contributed by atoms with Gasteiger partial charge in [-0.2, -0.15) is 0 Å². The largest absolute Gasteiger partial charge is 0.497 e. The van der Waals surface area contributed by atoms with Crippen molar-refractivity contribution in [3.63, 3.8) is 0 Å². The van der Waals surface area contributed by atoms with Crippen LogP contribution in [0, 0.1) is 5.41 Å². The normalized spacial score (nSPS) is 17.9. The van der Waals surface area contributed by atoms with E-state index in [1.165, 1.54) is 29.9 Å². The molecule has 0 heterocycles. The Hall–Kier alpha value is -0.150. The van der Waals surface area contributed by atoms with Crippen molar-refractivity contribution in [2.45, 2.75) is 24.2 Å². The summed E-state index contributed by atoms with van der Waals surface area (Å²) in [5.74, 6) is 2.16. The van der Waals surface area contributed by atoms with Gasteiger partial charge >= 0.3 is 0 Å². The molecule has 0 saturated heterocycles. The van der Waals surface area contributed by atoms with Crippen molar-refractivity contribution in [2.24, 2.45) is 5.41 Å². The van der Waals surface area contributed by atoms with Crippen LogP contribution in [0.3, 0.4) is 0 Å². The topological polar surface area (TPSA) is 9.23 Å². The molecule has 1 nitrogen and oxygen atoms in total. The van der Waals surface area contributed by atoms with Gasteiger partial charge in [0.2, 0.25) is 0 Å². The van der Waals surface area contributed by atoms with Gasteiger partial charge in [0.15, 0.2) is 0 Å². The van der Waals surface area contributed by atoms with Gasteiger partial charge < -0.3 is 4.74 Å². The maximum absolute atomic E-state index is 5.15. The molecule has 0 radical (unpaired) electrons. The molecule has 0 aliphatic heterocycles. The molecule has 1 aliphatic carbocycles. The van der Waals surface area contributed by atoms with E-state index in [0.717, 1.165) is 11.1 Å². The van der Waals surface area contributed by atoms with E-state index >= 15 is 0 Å². The third-order valence-electron chi connectivity index (χ3n) is 3.30. The average molecular weight is 301 g/mol. The van der Waals surface area contributed by atoms with Crippen molar-refractivity contribution in [3.05, 3.63) is 24.3 Å². The van der Waals surface area contributed by atoms with Gasteiger partial charge in [0.1, 0.15) is 5.75 Å². The first-order valence-corrected chi connectivity index (χ1v) is 7.72. The van der Waals surface area contributed by atoms with E-state index in [0.29, 0.717) is 5.41 Å². The number of alkyl halides is 1. The number of hydrogen-bond donors (Lipinski definition) is 0. The summed E-state index contributed by atoms with van der Waals surface area (Å²) in [4.78, 5) is 1.34. The summed E-state index contributed by atoms with van der Waals surface area (Å²) in [6.07, 6.45) is 4.15. The van der Waals surface area contributed by atoms with E-state index in [1.54, 1.807) is 7.11 Å². The van der Waals surface area contributed by atoms with Gasteiger partial charge in [-0.25, -0.2) is 0 Å². The molecule has 1 fully saturated rings. The monoisotopic (exact) mass is 300 g/mol. The van der Waals surface area contributed by atoms with Gasteiger partial charge in [-0.05, 0) is 42.5 Å². The first-order valence-electron chi connectivity index (χ1n) is 5.61. The Morgan fingerprint density at radius 3 is 2.44 bits per heavy atom. The number of rotatable bonds is 5. The summed E-state index contributed by atoms with van der Waals surface area (Å²) >= 11 is 5.61. The molecule has 1 saturated carbocycles. The lowest BCUT2D eigenvalue weighted by Gasteiger charge is -2.40. The predicted molar refractivity (Wildman–Crippen MR) is 73.8 cm³/mol. The molecule has 0 N–H and O–H groups in total. The highest BCUT2D eigenvalue weighted by Crippen LogP contribution is 2.45. The summed E-state index contributed by atoms with van der Waals surface area (Å²) < 4.78 is 5.15. The van der Waals surface area contributed by atoms with Crippen LogP contribution in [-0.2, 0) is 0 Å². The van der Waals surface area contributed by atoms with Crippen LogP contribution in [0.2, 0.25) is 0 Å². The van der Waals surface area contributed by atoms with E-state index in [9.17, 15) is 0 Å². The van der Waals surface area contributed by atoms with Crippen LogP contribution in [-0.4, -0.2) is 18.2 Å². The molecule has 0 spiro atoms. The summed E-state index contributed by atoms with van der Waals surface area (Å²) in [6, 6.07) is 8.35. The van der Waals surface area contributed by atoms with Gasteiger partial charge in [0.25, 0.3) is 0 Å². The number of thioether (sulfide) groups is 1. The number of halogens is 1. The number of hydrogen-bond acceptors (Lipinski definition) is 2. The number of ether oxygens (including phenoxy) is 1. The highest BCUT2D eigenvalue weighted by atomic mass is 79.9. The third-order valence-corrected chi connectivity index (χ3v) is 5.85. The minimum atomic E-state index is 0.560. The summed E-state index contributed by atoms with van der Waals surface area (Å²) in [5, 5.41) is 1.14. The Balaban J connectivity index is 1.89. The van der Waals surface area contributed by atoms with E-state index in [1.807, 2.05) is 23.9 Å². The Labute approximate surface area is 110 Å². The van der Waals surface area contributed by atoms with Crippen molar-refractivity contribution >= 4 is 27.7 Å². The fraction of sp³-hybridized carbons (Fsp3) is 0.538. The lowest BCUT2D eigenvalue weighted by molar-refractivity contribution is 0.206. The number of benzene rings is 1. The predicted octanol–water partition coefficient (Wildman–Crippen LogP) is 4.35. The lowest BCUT2D eigenvalue weighted by atomic mass is 9.72. The minimum Gasteiger partial charge on any atom is -0.497 e. The first-order chi connectivity index (χ1) is 7.78. The molecule has 0 unspecified atom stereocenters. The van der Waals surface area contributed by atoms with Crippen LogP contribution in [0.4, 0.5) is 0 Å². The number of methoxy groups -OCH3 is 1. The maximum Gasteiger partial charge on any atom is 0.118 e. The van der Waals surface area contributed by atoms with Gasteiger partial charge in [0.05, 0.1) is 7.11 Å². The Morgan fingerprint density at radius 1 is 1.31 bits per heavy atom. The zero-order valence-electron chi connectivity index (χ0n) is 9.54. The van der Waals surface area contributed by atoms with Crippen LogP contribution >= 0.6 is 27.7 Å². The average Bonchev–Trinajstić information content (AvgIpc) is 2.29. The summed E-state index contributed by atoms with van der Waals surface area (Å²) in [5.41, 5.74) is 0.560. The Morgan fingerprint density at radius 2 is 2.00 bits per heavy atom.